The van der Waals surface area contributed by atoms with Gasteiger partial charge in [-0.15, -0.1) is 0 Å². The first-order valence-electron chi connectivity index (χ1n) is 5.11. The normalized spacial score (nSPS) is 31.9. The second kappa shape index (κ2) is 4.12. The van der Waals surface area contributed by atoms with Crippen LogP contribution < -0.4 is 5.73 Å². The summed E-state index contributed by atoms with van der Waals surface area (Å²) in [7, 11) is 0. The summed E-state index contributed by atoms with van der Waals surface area (Å²) in [6.45, 7) is 1.68. The van der Waals surface area contributed by atoms with Crippen molar-refractivity contribution < 1.29 is 18.0 Å². The van der Waals surface area contributed by atoms with Crippen molar-refractivity contribution in [1.82, 2.24) is 0 Å². The van der Waals surface area contributed by atoms with Gasteiger partial charge in [0.05, 0.1) is 6.42 Å². The minimum atomic E-state index is -4.26. The molecule has 0 spiro atoms. The Morgan fingerprint density at radius 2 is 2.13 bits per heavy atom. The first-order chi connectivity index (χ1) is 6.76. The van der Waals surface area contributed by atoms with Gasteiger partial charge in [-0.25, -0.2) is 0 Å². The molecule has 1 aliphatic carbocycles. The lowest BCUT2D eigenvalue weighted by atomic mass is 9.79. The second-order valence-electron chi connectivity index (χ2n) is 4.45. The molecule has 0 heterocycles. The van der Waals surface area contributed by atoms with Gasteiger partial charge in [0.25, 0.3) is 0 Å². The van der Waals surface area contributed by atoms with Gasteiger partial charge in [0.1, 0.15) is 5.78 Å². The largest absolute Gasteiger partial charge is 0.389 e. The van der Waals surface area contributed by atoms with Crippen LogP contribution in [0.15, 0.2) is 0 Å². The molecule has 2 unspecified atom stereocenters. The fraction of sp³-hybridized carbons (Fsp3) is 0.900. The van der Waals surface area contributed by atoms with Crippen LogP contribution in [-0.2, 0) is 4.79 Å². The van der Waals surface area contributed by atoms with E-state index in [1.165, 1.54) is 0 Å². The highest BCUT2D eigenvalue weighted by Crippen LogP contribution is 2.39. The van der Waals surface area contributed by atoms with Gasteiger partial charge in [-0.1, -0.05) is 13.3 Å². The van der Waals surface area contributed by atoms with Gasteiger partial charge >= 0.3 is 6.18 Å². The van der Waals surface area contributed by atoms with Crippen LogP contribution in [0.3, 0.4) is 0 Å². The molecule has 2 atom stereocenters. The fourth-order valence-electron chi connectivity index (χ4n) is 2.08. The van der Waals surface area contributed by atoms with Crippen molar-refractivity contribution in [2.24, 2.45) is 11.1 Å². The summed E-state index contributed by atoms with van der Waals surface area (Å²) in [6.07, 6.45) is -3.55. The molecule has 15 heavy (non-hydrogen) atoms. The molecule has 0 aliphatic heterocycles. The molecule has 0 radical (unpaired) electrons. The summed E-state index contributed by atoms with van der Waals surface area (Å²) in [4.78, 5) is 11.6. The maximum absolute atomic E-state index is 11.9. The minimum absolute atomic E-state index is 0.279. The highest BCUT2D eigenvalue weighted by atomic mass is 19.4. The number of halogens is 3. The molecule has 88 valence electrons. The SMILES string of the molecule is CC1(C(=O)CCC(F)(F)F)CCCC1N. The molecule has 1 fully saturated rings. The van der Waals surface area contributed by atoms with Crippen LogP contribution in [0.2, 0.25) is 0 Å². The number of carbonyl (C=O) groups excluding carboxylic acids is 1. The van der Waals surface area contributed by atoms with Crippen LogP contribution in [-0.4, -0.2) is 18.0 Å². The van der Waals surface area contributed by atoms with Gasteiger partial charge in [0.2, 0.25) is 0 Å². The summed E-state index contributed by atoms with van der Waals surface area (Å²) in [5.74, 6) is -0.343. The molecule has 1 aliphatic rings. The Bertz CT molecular complexity index is 252. The van der Waals surface area contributed by atoms with Gasteiger partial charge in [-0.05, 0) is 12.8 Å². The Hall–Kier alpha value is -0.580. The van der Waals surface area contributed by atoms with Crippen molar-refractivity contribution in [1.29, 1.82) is 0 Å². The van der Waals surface area contributed by atoms with Crippen LogP contribution in [0.1, 0.15) is 39.0 Å². The van der Waals surface area contributed by atoms with Crippen molar-refractivity contribution in [3.8, 4) is 0 Å². The van der Waals surface area contributed by atoms with E-state index < -0.39 is 24.4 Å². The quantitative estimate of drug-likeness (QED) is 0.798. The average Bonchev–Trinajstić information content (AvgIpc) is 2.43. The van der Waals surface area contributed by atoms with Crippen molar-refractivity contribution in [2.75, 3.05) is 0 Å². The number of hydrogen-bond acceptors (Lipinski definition) is 2. The second-order valence-corrected chi connectivity index (χ2v) is 4.45. The summed E-state index contributed by atoms with van der Waals surface area (Å²) in [6, 6.07) is -0.279. The molecule has 0 bridgehead atoms. The third kappa shape index (κ3) is 2.93. The molecule has 0 saturated heterocycles. The van der Waals surface area contributed by atoms with Crippen LogP contribution in [0, 0.1) is 5.41 Å². The predicted molar refractivity (Wildman–Crippen MR) is 50.2 cm³/mol. The molecule has 1 saturated carbocycles. The van der Waals surface area contributed by atoms with E-state index >= 15 is 0 Å². The summed E-state index contributed by atoms with van der Waals surface area (Å²) in [5.41, 5.74) is 5.02. The van der Waals surface area contributed by atoms with E-state index in [0.717, 1.165) is 12.8 Å². The maximum Gasteiger partial charge on any atom is 0.389 e. The summed E-state index contributed by atoms with van der Waals surface area (Å²) >= 11 is 0. The van der Waals surface area contributed by atoms with E-state index in [1.54, 1.807) is 6.92 Å². The van der Waals surface area contributed by atoms with Crippen molar-refractivity contribution in [3.05, 3.63) is 0 Å². The van der Waals surface area contributed by atoms with Crippen molar-refractivity contribution >= 4 is 5.78 Å². The number of carbonyl (C=O) groups is 1. The molecule has 2 N–H and O–H groups in total. The monoisotopic (exact) mass is 223 g/mol. The first-order valence-corrected chi connectivity index (χ1v) is 5.11. The third-order valence-electron chi connectivity index (χ3n) is 3.30. The van der Waals surface area contributed by atoms with Crippen molar-refractivity contribution in [3.63, 3.8) is 0 Å². The maximum atomic E-state index is 11.9. The van der Waals surface area contributed by atoms with E-state index in [0.29, 0.717) is 6.42 Å². The van der Waals surface area contributed by atoms with E-state index in [-0.39, 0.29) is 11.8 Å². The Morgan fingerprint density at radius 3 is 2.53 bits per heavy atom. The lowest BCUT2D eigenvalue weighted by Crippen LogP contribution is -2.41. The lowest BCUT2D eigenvalue weighted by molar-refractivity contribution is -0.147. The van der Waals surface area contributed by atoms with Crippen LogP contribution in [0.5, 0.6) is 0 Å². The number of Topliss-reactive ketones (excluding diaryl/α,β-unsaturated/α-hetero) is 1. The summed E-state index contributed by atoms with van der Waals surface area (Å²) in [5, 5.41) is 0. The minimum Gasteiger partial charge on any atom is -0.327 e. The number of nitrogens with two attached hydrogens (primary N) is 1. The van der Waals surface area contributed by atoms with E-state index in [4.69, 9.17) is 5.73 Å². The zero-order valence-electron chi connectivity index (χ0n) is 8.73. The van der Waals surface area contributed by atoms with Gasteiger partial charge in [-0.3, -0.25) is 4.79 Å². The first kappa shape index (κ1) is 12.5. The van der Waals surface area contributed by atoms with Gasteiger partial charge in [-0.2, -0.15) is 13.2 Å². The van der Waals surface area contributed by atoms with Crippen molar-refractivity contribution in [2.45, 2.75) is 51.2 Å². The Morgan fingerprint density at radius 1 is 1.53 bits per heavy atom. The molecule has 5 heteroatoms. The Labute approximate surface area is 87.0 Å². The van der Waals surface area contributed by atoms with Crippen LogP contribution in [0.4, 0.5) is 13.2 Å². The number of hydrogen-bond donors (Lipinski definition) is 1. The van der Waals surface area contributed by atoms with Gasteiger partial charge < -0.3 is 5.73 Å². The third-order valence-corrected chi connectivity index (χ3v) is 3.30. The van der Waals surface area contributed by atoms with Gasteiger partial charge in [0.15, 0.2) is 0 Å². The topological polar surface area (TPSA) is 43.1 Å². The highest BCUT2D eigenvalue weighted by molar-refractivity contribution is 5.85. The zero-order chi connectivity index (χ0) is 11.7. The van der Waals surface area contributed by atoms with E-state index in [9.17, 15) is 18.0 Å². The molecule has 0 aromatic carbocycles. The lowest BCUT2D eigenvalue weighted by Gasteiger charge is -2.27. The molecular formula is C10H16F3NO. The molecular weight excluding hydrogens is 207 g/mol. The molecule has 1 rings (SSSR count). The number of ketones is 1. The fourth-order valence-corrected chi connectivity index (χ4v) is 2.08. The van der Waals surface area contributed by atoms with Crippen LogP contribution >= 0.6 is 0 Å². The Balaban J connectivity index is 2.53. The molecule has 0 amide bonds. The molecule has 0 aromatic rings. The van der Waals surface area contributed by atoms with E-state index in [2.05, 4.69) is 0 Å². The highest BCUT2D eigenvalue weighted by Gasteiger charge is 2.43. The standard InChI is InChI=1S/C10H16F3NO/c1-9(5-2-3-7(9)14)8(15)4-6-10(11,12)13/h7H,2-6,14H2,1H3. The number of alkyl halides is 3. The van der Waals surface area contributed by atoms with Gasteiger partial charge in [0, 0.05) is 17.9 Å². The van der Waals surface area contributed by atoms with Crippen LogP contribution in [0.25, 0.3) is 0 Å². The summed E-state index contributed by atoms with van der Waals surface area (Å²) < 4.78 is 35.8. The average molecular weight is 223 g/mol. The number of rotatable bonds is 3. The molecule has 2 nitrogen and oxygen atoms in total. The zero-order valence-corrected chi connectivity index (χ0v) is 8.73. The molecule has 0 aromatic heterocycles. The Kier molecular flexibility index (Phi) is 3.43. The smallest absolute Gasteiger partial charge is 0.327 e. The van der Waals surface area contributed by atoms with E-state index in [1.807, 2.05) is 0 Å². The predicted octanol–water partition coefficient (Wildman–Crippen LogP) is 2.42.